The Morgan fingerprint density at radius 2 is 2.10 bits per heavy atom. The molecule has 1 atom stereocenters. The SMILES string of the molecule is CCCNC(=O)c1cccc(NC(=O)C(C)CCN)c1. The Balaban J connectivity index is 2.68. The Labute approximate surface area is 119 Å². The van der Waals surface area contributed by atoms with E-state index in [9.17, 15) is 9.59 Å². The Kier molecular flexibility index (Phi) is 6.73. The van der Waals surface area contributed by atoms with Crippen LogP contribution in [0.4, 0.5) is 5.69 Å². The molecule has 0 saturated carbocycles. The van der Waals surface area contributed by atoms with E-state index in [4.69, 9.17) is 5.73 Å². The molecule has 1 rings (SSSR count). The zero-order valence-electron chi connectivity index (χ0n) is 12.1. The van der Waals surface area contributed by atoms with Crippen molar-refractivity contribution in [1.29, 1.82) is 0 Å². The molecule has 1 aromatic carbocycles. The number of hydrogen-bond donors (Lipinski definition) is 3. The first-order valence-electron chi connectivity index (χ1n) is 6.97. The predicted molar refractivity (Wildman–Crippen MR) is 80.5 cm³/mol. The standard InChI is InChI=1S/C15H23N3O2/c1-3-9-17-15(20)12-5-4-6-13(10-12)18-14(19)11(2)7-8-16/h4-6,10-11H,3,7-9,16H2,1-2H3,(H,17,20)(H,18,19). The van der Waals surface area contributed by atoms with Crippen molar-refractivity contribution < 1.29 is 9.59 Å². The molecule has 0 heterocycles. The molecule has 0 spiro atoms. The third kappa shape index (κ3) is 5.01. The lowest BCUT2D eigenvalue weighted by Gasteiger charge is -2.12. The molecule has 0 aromatic heterocycles. The van der Waals surface area contributed by atoms with Gasteiger partial charge in [0.05, 0.1) is 0 Å². The minimum Gasteiger partial charge on any atom is -0.352 e. The third-order valence-electron chi connectivity index (χ3n) is 2.98. The van der Waals surface area contributed by atoms with E-state index in [1.807, 2.05) is 13.8 Å². The van der Waals surface area contributed by atoms with Crippen LogP contribution >= 0.6 is 0 Å². The van der Waals surface area contributed by atoms with Crippen molar-refractivity contribution in [3.63, 3.8) is 0 Å². The van der Waals surface area contributed by atoms with Gasteiger partial charge in [0.25, 0.3) is 5.91 Å². The first kappa shape index (κ1) is 16.2. The molecule has 0 aliphatic carbocycles. The van der Waals surface area contributed by atoms with Gasteiger partial charge < -0.3 is 16.4 Å². The van der Waals surface area contributed by atoms with E-state index >= 15 is 0 Å². The molecule has 0 aliphatic heterocycles. The van der Waals surface area contributed by atoms with Crippen molar-refractivity contribution in [3.8, 4) is 0 Å². The van der Waals surface area contributed by atoms with Gasteiger partial charge in [-0.1, -0.05) is 19.9 Å². The van der Waals surface area contributed by atoms with Gasteiger partial charge in [-0.05, 0) is 37.6 Å². The van der Waals surface area contributed by atoms with Crippen LogP contribution in [0, 0.1) is 5.92 Å². The van der Waals surface area contributed by atoms with Crippen LogP contribution in [0.2, 0.25) is 0 Å². The minimum atomic E-state index is -0.141. The molecule has 1 aromatic rings. The zero-order chi connectivity index (χ0) is 15.0. The van der Waals surface area contributed by atoms with Crippen molar-refractivity contribution in [3.05, 3.63) is 29.8 Å². The molecule has 0 radical (unpaired) electrons. The molecule has 5 nitrogen and oxygen atoms in total. The number of carbonyl (C=O) groups is 2. The van der Waals surface area contributed by atoms with E-state index < -0.39 is 0 Å². The maximum absolute atomic E-state index is 11.9. The van der Waals surface area contributed by atoms with Gasteiger partial charge in [0.2, 0.25) is 5.91 Å². The van der Waals surface area contributed by atoms with Crippen molar-refractivity contribution in [2.24, 2.45) is 11.7 Å². The molecule has 1 unspecified atom stereocenters. The van der Waals surface area contributed by atoms with Crippen molar-refractivity contribution >= 4 is 17.5 Å². The molecule has 0 fully saturated rings. The maximum atomic E-state index is 11.9. The van der Waals surface area contributed by atoms with E-state index in [0.717, 1.165) is 6.42 Å². The number of nitrogens with one attached hydrogen (secondary N) is 2. The van der Waals surface area contributed by atoms with Gasteiger partial charge in [-0.15, -0.1) is 0 Å². The number of nitrogens with two attached hydrogens (primary N) is 1. The van der Waals surface area contributed by atoms with Crippen LogP contribution in [0.5, 0.6) is 0 Å². The van der Waals surface area contributed by atoms with Gasteiger partial charge in [-0.2, -0.15) is 0 Å². The molecule has 2 amide bonds. The topological polar surface area (TPSA) is 84.2 Å². The Bertz CT molecular complexity index is 460. The second-order valence-electron chi connectivity index (χ2n) is 4.80. The van der Waals surface area contributed by atoms with E-state index in [1.54, 1.807) is 24.3 Å². The van der Waals surface area contributed by atoms with Gasteiger partial charge in [0.15, 0.2) is 0 Å². The van der Waals surface area contributed by atoms with Crippen LogP contribution in [0.25, 0.3) is 0 Å². The molecule has 4 N–H and O–H groups in total. The third-order valence-corrected chi connectivity index (χ3v) is 2.98. The average Bonchev–Trinajstić information content (AvgIpc) is 2.45. The lowest BCUT2D eigenvalue weighted by molar-refractivity contribution is -0.119. The Hall–Kier alpha value is -1.88. The first-order chi connectivity index (χ1) is 9.58. The van der Waals surface area contributed by atoms with Crippen LogP contribution in [-0.4, -0.2) is 24.9 Å². The first-order valence-corrected chi connectivity index (χ1v) is 6.97. The molecule has 0 bridgehead atoms. The number of anilines is 1. The van der Waals surface area contributed by atoms with Crippen LogP contribution in [0.3, 0.4) is 0 Å². The molecule has 20 heavy (non-hydrogen) atoms. The minimum absolute atomic E-state index is 0.0819. The quantitative estimate of drug-likeness (QED) is 0.710. The van der Waals surface area contributed by atoms with Crippen LogP contribution < -0.4 is 16.4 Å². The molecule has 0 aliphatic rings. The second-order valence-corrected chi connectivity index (χ2v) is 4.80. The fourth-order valence-electron chi connectivity index (χ4n) is 1.73. The lowest BCUT2D eigenvalue weighted by atomic mass is 10.1. The van der Waals surface area contributed by atoms with Crippen molar-refractivity contribution in [2.75, 3.05) is 18.4 Å². The van der Waals surface area contributed by atoms with Crippen LogP contribution in [0.1, 0.15) is 37.0 Å². The summed E-state index contributed by atoms with van der Waals surface area (Å²) >= 11 is 0. The predicted octanol–water partition coefficient (Wildman–Crippen LogP) is 1.75. The highest BCUT2D eigenvalue weighted by Gasteiger charge is 2.12. The summed E-state index contributed by atoms with van der Waals surface area (Å²) in [6.07, 6.45) is 1.53. The molecular formula is C15H23N3O2. The fourth-order valence-corrected chi connectivity index (χ4v) is 1.73. The van der Waals surface area contributed by atoms with Gasteiger partial charge in [-0.25, -0.2) is 0 Å². The van der Waals surface area contributed by atoms with Gasteiger partial charge in [0.1, 0.15) is 0 Å². The smallest absolute Gasteiger partial charge is 0.251 e. The Morgan fingerprint density at radius 3 is 2.75 bits per heavy atom. The maximum Gasteiger partial charge on any atom is 0.251 e. The highest BCUT2D eigenvalue weighted by Crippen LogP contribution is 2.13. The number of rotatable bonds is 7. The van der Waals surface area contributed by atoms with E-state index in [-0.39, 0.29) is 17.7 Å². The summed E-state index contributed by atoms with van der Waals surface area (Å²) < 4.78 is 0. The summed E-state index contributed by atoms with van der Waals surface area (Å²) in [6.45, 7) is 4.95. The molecular weight excluding hydrogens is 254 g/mol. The van der Waals surface area contributed by atoms with Gasteiger partial charge >= 0.3 is 0 Å². The number of amides is 2. The van der Waals surface area contributed by atoms with E-state index in [1.165, 1.54) is 0 Å². The number of benzene rings is 1. The summed E-state index contributed by atoms with van der Waals surface area (Å²) in [6, 6.07) is 6.93. The summed E-state index contributed by atoms with van der Waals surface area (Å²) in [5, 5.41) is 5.61. The van der Waals surface area contributed by atoms with Gasteiger partial charge in [0, 0.05) is 23.7 Å². The number of hydrogen-bond acceptors (Lipinski definition) is 3. The highest BCUT2D eigenvalue weighted by molar-refractivity contribution is 5.97. The number of carbonyl (C=O) groups excluding carboxylic acids is 2. The lowest BCUT2D eigenvalue weighted by Crippen LogP contribution is -2.25. The van der Waals surface area contributed by atoms with E-state index in [0.29, 0.717) is 30.8 Å². The fraction of sp³-hybridized carbons (Fsp3) is 0.467. The average molecular weight is 277 g/mol. The molecule has 0 saturated heterocycles. The summed E-state index contributed by atoms with van der Waals surface area (Å²) in [5.41, 5.74) is 6.61. The summed E-state index contributed by atoms with van der Waals surface area (Å²) in [4.78, 5) is 23.7. The zero-order valence-corrected chi connectivity index (χ0v) is 12.1. The monoisotopic (exact) mass is 277 g/mol. The van der Waals surface area contributed by atoms with Crippen LogP contribution in [-0.2, 0) is 4.79 Å². The Morgan fingerprint density at radius 1 is 1.35 bits per heavy atom. The van der Waals surface area contributed by atoms with E-state index in [2.05, 4.69) is 10.6 Å². The van der Waals surface area contributed by atoms with Crippen molar-refractivity contribution in [1.82, 2.24) is 5.32 Å². The van der Waals surface area contributed by atoms with Gasteiger partial charge in [-0.3, -0.25) is 9.59 Å². The molecule has 5 heteroatoms. The van der Waals surface area contributed by atoms with Crippen LogP contribution in [0.15, 0.2) is 24.3 Å². The summed E-state index contributed by atoms with van der Waals surface area (Å²) in [7, 11) is 0. The summed E-state index contributed by atoms with van der Waals surface area (Å²) in [5.74, 6) is -0.350. The largest absolute Gasteiger partial charge is 0.352 e. The highest BCUT2D eigenvalue weighted by atomic mass is 16.2. The second kappa shape index (κ2) is 8.32. The normalized spacial score (nSPS) is 11.8. The molecule has 110 valence electrons. The van der Waals surface area contributed by atoms with Crippen molar-refractivity contribution in [2.45, 2.75) is 26.7 Å².